The number of ether oxygens (including phenoxy) is 1. The molecule has 1 aromatic carbocycles. The third-order valence-corrected chi connectivity index (χ3v) is 3.72. The minimum Gasteiger partial charge on any atom is -0.444 e. The van der Waals surface area contributed by atoms with Gasteiger partial charge in [0.05, 0.1) is 6.54 Å². The molecule has 7 heteroatoms. The number of nitrogens with zero attached hydrogens (tertiary/aromatic N) is 2. The van der Waals surface area contributed by atoms with Crippen LogP contribution in [0.4, 0.5) is 0 Å². The fraction of sp³-hybridized carbons (Fsp3) is 0.500. The lowest BCUT2D eigenvalue weighted by Gasteiger charge is -2.11. The van der Waals surface area contributed by atoms with Crippen molar-refractivity contribution in [1.82, 2.24) is 15.6 Å². The second kappa shape index (κ2) is 14.4. The van der Waals surface area contributed by atoms with Crippen molar-refractivity contribution in [3.05, 3.63) is 42.3 Å². The maximum absolute atomic E-state index is 5.57. The van der Waals surface area contributed by atoms with Crippen LogP contribution in [0.25, 0.3) is 11.5 Å². The van der Waals surface area contributed by atoms with Crippen LogP contribution in [0, 0.1) is 0 Å². The fourth-order valence-corrected chi connectivity index (χ4v) is 2.32. The average molecular weight is 486 g/mol. The number of aliphatic imine (C=N–C) groups is 1. The van der Waals surface area contributed by atoms with Gasteiger partial charge in [0.15, 0.2) is 5.96 Å². The van der Waals surface area contributed by atoms with Gasteiger partial charge in [-0.2, -0.15) is 0 Å². The van der Waals surface area contributed by atoms with E-state index in [-0.39, 0.29) is 24.0 Å². The van der Waals surface area contributed by atoms with Crippen LogP contribution in [0.5, 0.6) is 0 Å². The quantitative estimate of drug-likeness (QED) is 0.215. The summed E-state index contributed by atoms with van der Waals surface area (Å²) in [5.74, 6) is 1.41. The molecule has 0 saturated heterocycles. The topological polar surface area (TPSA) is 71.7 Å². The number of nitrogens with one attached hydrogen (secondary N) is 2. The molecule has 2 aromatic rings. The summed E-state index contributed by atoms with van der Waals surface area (Å²) >= 11 is 0. The first-order valence-electron chi connectivity index (χ1n) is 9.43. The molecule has 0 radical (unpaired) electrons. The summed E-state index contributed by atoms with van der Waals surface area (Å²) in [6.07, 6.45) is 4.91. The molecule has 0 unspecified atom stereocenters. The van der Waals surface area contributed by atoms with Gasteiger partial charge < -0.3 is 19.8 Å². The molecule has 0 aliphatic heterocycles. The van der Waals surface area contributed by atoms with Gasteiger partial charge >= 0.3 is 0 Å². The maximum Gasteiger partial charge on any atom is 0.226 e. The van der Waals surface area contributed by atoms with Gasteiger partial charge in [0.2, 0.25) is 5.89 Å². The second-order valence-electron chi connectivity index (χ2n) is 5.95. The molecule has 6 nitrogen and oxygen atoms in total. The number of guanidine groups is 1. The lowest BCUT2D eigenvalue weighted by Crippen LogP contribution is -2.38. The first-order chi connectivity index (χ1) is 12.8. The molecule has 27 heavy (non-hydrogen) atoms. The Balaban J connectivity index is 0.00000364. The van der Waals surface area contributed by atoms with Gasteiger partial charge in [0, 0.05) is 31.9 Å². The van der Waals surface area contributed by atoms with Crippen molar-refractivity contribution < 1.29 is 9.15 Å². The standard InChI is InChI=1S/C20H30N4O2.HI/c1-3-5-13-25-14-9-12-22-20(21-4-2)23-15-18-16-26-19(24-18)17-10-7-6-8-11-17;/h6-8,10-11,16H,3-5,9,12-15H2,1-2H3,(H2,21,22,23);1H. The summed E-state index contributed by atoms with van der Waals surface area (Å²) in [5.41, 5.74) is 1.78. The zero-order chi connectivity index (χ0) is 18.5. The van der Waals surface area contributed by atoms with Gasteiger partial charge in [0.1, 0.15) is 12.0 Å². The van der Waals surface area contributed by atoms with E-state index in [9.17, 15) is 0 Å². The Labute approximate surface area is 179 Å². The molecule has 2 rings (SSSR count). The van der Waals surface area contributed by atoms with Crippen LogP contribution in [0.2, 0.25) is 0 Å². The number of rotatable bonds is 11. The van der Waals surface area contributed by atoms with E-state index in [1.165, 1.54) is 6.42 Å². The number of benzene rings is 1. The number of hydrogen-bond donors (Lipinski definition) is 2. The molecule has 0 fully saturated rings. The van der Waals surface area contributed by atoms with Crippen LogP contribution in [0.15, 0.2) is 46.0 Å². The van der Waals surface area contributed by atoms with Gasteiger partial charge in [-0.15, -0.1) is 24.0 Å². The number of aromatic nitrogens is 1. The minimum absolute atomic E-state index is 0. The molecule has 2 N–H and O–H groups in total. The normalized spacial score (nSPS) is 11.1. The molecule has 1 heterocycles. The maximum atomic E-state index is 5.57. The van der Waals surface area contributed by atoms with Crippen molar-refractivity contribution >= 4 is 29.9 Å². The fourth-order valence-electron chi connectivity index (χ4n) is 2.32. The summed E-state index contributed by atoms with van der Waals surface area (Å²) in [5, 5.41) is 6.56. The number of unbranched alkanes of at least 4 members (excludes halogenated alkanes) is 1. The van der Waals surface area contributed by atoms with E-state index in [2.05, 4.69) is 34.5 Å². The largest absolute Gasteiger partial charge is 0.444 e. The molecular formula is C20H31IN4O2. The van der Waals surface area contributed by atoms with E-state index in [1.807, 2.05) is 30.3 Å². The predicted molar refractivity (Wildman–Crippen MR) is 121 cm³/mol. The van der Waals surface area contributed by atoms with Crippen molar-refractivity contribution in [1.29, 1.82) is 0 Å². The van der Waals surface area contributed by atoms with E-state index in [4.69, 9.17) is 9.15 Å². The van der Waals surface area contributed by atoms with Crippen LogP contribution in [0.3, 0.4) is 0 Å². The third kappa shape index (κ3) is 9.23. The number of hydrogen-bond acceptors (Lipinski definition) is 4. The molecule has 1 aromatic heterocycles. The average Bonchev–Trinajstić information content (AvgIpc) is 3.15. The van der Waals surface area contributed by atoms with E-state index in [0.29, 0.717) is 12.4 Å². The molecule has 0 amide bonds. The molecular weight excluding hydrogens is 455 g/mol. The van der Waals surface area contributed by atoms with E-state index in [1.54, 1.807) is 6.26 Å². The van der Waals surface area contributed by atoms with Gasteiger partial charge in [-0.05, 0) is 31.9 Å². The summed E-state index contributed by atoms with van der Waals surface area (Å²) in [4.78, 5) is 9.07. The van der Waals surface area contributed by atoms with Gasteiger partial charge in [-0.25, -0.2) is 9.98 Å². The Morgan fingerprint density at radius 1 is 1.11 bits per heavy atom. The molecule has 150 valence electrons. The predicted octanol–water partition coefficient (Wildman–Crippen LogP) is 4.22. The lowest BCUT2D eigenvalue weighted by atomic mass is 10.2. The Morgan fingerprint density at radius 3 is 2.63 bits per heavy atom. The van der Waals surface area contributed by atoms with Gasteiger partial charge in [0.25, 0.3) is 0 Å². The Morgan fingerprint density at radius 2 is 1.89 bits per heavy atom. The first-order valence-corrected chi connectivity index (χ1v) is 9.43. The van der Waals surface area contributed by atoms with Crippen molar-refractivity contribution in [2.24, 2.45) is 4.99 Å². The highest BCUT2D eigenvalue weighted by Gasteiger charge is 2.06. The van der Waals surface area contributed by atoms with Crippen LogP contribution in [-0.2, 0) is 11.3 Å². The zero-order valence-electron chi connectivity index (χ0n) is 16.2. The Kier molecular flexibility index (Phi) is 12.5. The molecule has 0 bridgehead atoms. The van der Waals surface area contributed by atoms with Gasteiger partial charge in [-0.1, -0.05) is 31.5 Å². The Bertz CT molecular complexity index is 646. The molecule has 0 saturated carbocycles. The summed E-state index contributed by atoms with van der Waals surface area (Å²) in [7, 11) is 0. The monoisotopic (exact) mass is 486 g/mol. The van der Waals surface area contributed by atoms with Crippen LogP contribution < -0.4 is 10.6 Å². The first kappa shape index (κ1) is 23.4. The molecule has 0 aliphatic rings. The van der Waals surface area contributed by atoms with E-state index >= 15 is 0 Å². The van der Waals surface area contributed by atoms with Crippen molar-refractivity contribution in [2.45, 2.75) is 39.7 Å². The highest BCUT2D eigenvalue weighted by atomic mass is 127. The summed E-state index contributed by atoms with van der Waals surface area (Å²) < 4.78 is 11.1. The van der Waals surface area contributed by atoms with E-state index < -0.39 is 0 Å². The molecule has 0 aliphatic carbocycles. The second-order valence-corrected chi connectivity index (χ2v) is 5.95. The smallest absolute Gasteiger partial charge is 0.226 e. The minimum atomic E-state index is 0. The van der Waals surface area contributed by atoms with Crippen molar-refractivity contribution in [2.75, 3.05) is 26.3 Å². The highest BCUT2D eigenvalue weighted by molar-refractivity contribution is 14.0. The van der Waals surface area contributed by atoms with Crippen LogP contribution >= 0.6 is 24.0 Å². The zero-order valence-corrected chi connectivity index (χ0v) is 18.6. The van der Waals surface area contributed by atoms with Crippen LogP contribution in [-0.4, -0.2) is 37.2 Å². The molecule has 0 atom stereocenters. The van der Waals surface area contributed by atoms with Crippen LogP contribution in [0.1, 0.15) is 38.8 Å². The lowest BCUT2D eigenvalue weighted by molar-refractivity contribution is 0.129. The number of oxazole rings is 1. The third-order valence-electron chi connectivity index (χ3n) is 3.72. The summed E-state index contributed by atoms with van der Waals surface area (Å²) in [6, 6.07) is 9.87. The van der Waals surface area contributed by atoms with Gasteiger partial charge in [-0.3, -0.25) is 0 Å². The number of halogens is 1. The van der Waals surface area contributed by atoms with Crippen molar-refractivity contribution in [3.8, 4) is 11.5 Å². The SMILES string of the molecule is CCCCOCCCNC(=NCc1coc(-c2ccccc2)n1)NCC.I. The Hall–Kier alpha value is -1.61. The van der Waals surface area contributed by atoms with Crippen molar-refractivity contribution in [3.63, 3.8) is 0 Å². The highest BCUT2D eigenvalue weighted by Crippen LogP contribution is 2.18. The van der Waals surface area contributed by atoms with E-state index in [0.717, 1.165) is 56.4 Å². The summed E-state index contributed by atoms with van der Waals surface area (Å²) in [6.45, 7) is 7.95. The molecule has 0 spiro atoms.